The summed E-state index contributed by atoms with van der Waals surface area (Å²) in [4.78, 5) is 17.4. The maximum atomic E-state index is 11.0. The molecule has 1 rings (SSSR count). The number of aromatic nitrogens is 1. The molecule has 0 aromatic carbocycles. The van der Waals surface area contributed by atoms with Crippen molar-refractivity contribution in [3.05, 3.63) is 29.6 Å². The van der Waals surface area contributed by atoms with Gasteiger partial charge in [-0.15, -0.1) is 0 Å². The number of rotatable bonds is 5. The Balaban J connectivity index is 2.61. The topological polar surface area (TPSA) is 53.4 Å². The Morgan fingerprint density at radius 2 is 2.12 bits per heavy atom. The first kappa shape index (κ1) is 13.6. The summed E-state index contributed by atoms with van der Waals surface area (Å²) < 4.78 is 0. The Bertz CT molecular complexity index is 402. The van der Waals surface area contributed by atoms with Crippen LogP contribution in [0.4, 0.5) is 0 Å². The van der Waals surface area contributed by atoms with Gasteiger partial charge in [0, 0.05) is 18.8 Å². The molecule has 0 saturated carbocycles. The molecule has 0 bridgehead atoms. The highest BCUT2D eigenvalue weighted by molar-refractivity contribution is 5.73. The molecule has 0 aliphatic carbocycles. The van der Waals surface area contributed by atoms with Crippen LogP contribution in [0.3, 0.4) is 0 Å². The first-order valence-electron chi connectivity index (χ1n) is 5.66. The molecule has 1 aromatic rings. The monoisotopic (exact) mass is 236 g/mol. The predicted molar refractivity (Wildman–Crippen MR) is 66.7 cm³/mol. The summed E-state index contributed by atoms with van der Waals surface area (Å²) in [5, 5.41) is 9.06. The zero-order valence-corrected chi connectivity index (χ0v) is 10.9. The number of hydrogen-bond donors (Lipinski definition) is 1. The smallest absolute Gasteiger partial charge is 0.310 e. The molecular formula is C13H20N2O2. The van der Waals surface area contributed by atoms with E-state index in [0.717, 1.165) is 11.4 Å². The van der Waals surface area contributed by atoms with E-state index in [1.807, 2.05) is 37.1 Å². The van der Waals surface area contributed by atoms with Gasteiger partial charge in [0.25, 0.3) is 0 Å². The van der Waals surface area contributed by atoms with Crippen LogP contribution in [-0.2, 0) is 11.3 Å². The Labute approximate surface area is 102 Å². The minimum absolute atomic E-state index is 0.498. The number of pyridine rings is 1. The van der Waals surface area contributed by atoms with Gasteiger partial charge in [0.1, 0.15) is 0 Å². The zero-order valence-electron chi connectivity index (χ0n) is 10.9. The molecule has 1 N–H and O–H groups in total. The van der Waals surface area contributed by atoms with Crippen LogP contribution in [0, 0.1) is 12.3 Å². The van der Waals surface area contributed by atoms with Crippen molar-refractivity contribution < 1.29 is 9.90 Å². The van der Waals surface area contributed by atoms with Gasteiger partial charge in [0.05, 0.1) is 11.1 Å². The zero-order chi connectivity index (χ0) is 13.1. The molecule has 4 heteroatoms. The van der Waals surface area contributed by atoms with Gasteiger partial charge < -0.3 is 5.11 Å². The highest BCUT2D eigenvalue weighted by Gasteiger charge is 2.28. The lowest BCUT2D eigenvalue weighted by Gasteiger charge is -2.26. The number of carbonyl (C=O) groups is 1. The molecule has 0 radical (unpaired) electrons. The lowest BCUT2D eigenvalue weighted by Crippen LogP contribution is -2.37. The van der Waals surface area contributed by atoms with Crippen molar-refractivity contribution in [2.45, 2.75) is 27.3 Å². The first-order chi connectivity index (χ1) is 7.81. The van der Waals surface area contributed by atoms with Crippen LogP contribution in [0.15, 0.2) is 18.2 Å². The standard InChI is InChI=1S/C13H20N2O2/c1-10-6-5-7-11(14-10)8-15(4)9-13(2,3)12(16)17/h5-7H,8-9H2,1-4H3,(H,16,17). The molecule has 0 amide bonds. The van der Waals surface area contributed by atoms with Crippen LogP contribution in [0.5, 0.6) is 0 Å². The molecule has 0 spiro atoms. The Kier molecular flexibility index (Phi) is 4.23. The van der Waals surface area contributed by atoms with E-state index in [1.54, 1.807) is 13.8 Å². The maximum absolute atomic E-state index is 11.0. The molecule has 1 aromatic heterocycles. The van der Waals surface area contributed by atoms with Crippen molar-refractivity contribution in [2.75, 3.05) is 13.6 Å². The number of carboxylic acid groups (broad SMARTS) is 1. The lowest BCUT2D eigenvalue weighted by atomic mass is 9.93. The van der Waals surface area contributed by atoms with E-state index in [4.69, 9.17) is 5.11 Å². The van der Waals surface area contributed by atoms with Crippen LogP contribution in [0.1, 0.15) is 25.2 Å². The SMILES string of the molecule is Cc1cccc(CN(C)CC(C)(C)C(=O)O)n1. The number of aliphatic carboxylic acids is 1. The van der Waals surface area contributed by atoms with Crippen LogP contribution in [-0.4, -0.2) is 34.6 Å². The molecule has 0 unspecified atom stereocenters. The molecule has 0 aliphatic rings. The van der Waals surface area contributed by atoms with Crippen LogP contribution < -0.4 is 0 Å². The Morgan fingerprint density at radius 1 is 1.47 bits per heavy atom. The average Bonchev–Trinajstić information content (AvgIpc) is 2.15. The molecule has 4 nitrogen and oxygen atoms in total. The van der Waals surface area contributed by atoms with E-state index < -0.39 is 11.4 Å². The fourth-order valence-electron chi connectivity index (χ4n) is 1.76. The second-order valence-electron chi connectivity index (χ2n) is 5.13. The average molecular weight is 236 g/mol. The molecule has 1 heterocycles. The minimum atomic E-state index is -0.776. The van der Waals surface area contributed by atoms with E-state index >= 15 is 0 Å². The molecule has 0 aliphatic heterocycles. The van der Waals surface area contributed by atoms with Gasteiger partial charge in [-0.1, -0.05) is 6.07 Å². The van der Waals surface area contributed by atoms with Gasteiger partial charge in [-0.2, -0.15) is 0 Å². The second kappa shape index (κ2) is 5.27. The van der Waals surface area contributed by atoms with Gasteiger partial charge in [-0.05, 0) is 40.0 Å². The number of aryl methyl sites for hydroxylation is 1. The molecular weight excluding hydrogens is 216 g/mol. The number of carboxylic acids is 1. The van der Waals surface area contributed by atoms with Crippen molar-refractivity contribution >= 4 is 5.97 Å². The van der Waals surface area contributed by atoms with Gasteiger partial charge in [-0.3, -0.25) is 14.7 Å². The van der Waals surface area contributed by atoms with Crippen LogP contribution >= 0.6 is 0 Å². The van der Waals surface area contributed by atoms with Gasteiger partial charge in [0.15, 0.2) is 0 Å². The van der Waals surface area contributed by atoms with E-state index in [0.29, 0.717) is 13.1 Å². The molecule has 0 atom stereocenters. The summed E-state index contributed by atoms with van der Waals surface area (Å²) in [6.45, 7) is 6.58. The fourth-order valence-corrected chi connectivity index (χ4v) is 1.76. The van der Waals surface area contributed by atoms with Gasteiger partial charge in [-0.25, -0.2) is 0 Å². The molecule has 0 fully saturated rings. The minimum Gasteiger partial charge on any atom is -0.481 e. The third-order valence-corrected chi connectivity index (χ3v) is 2.62. The van der Waals surface area contributed by atoms with Crippen LogP contribution in [0.25, 0.3) is 0 Å². The summed E-state index contributed by atoms with van der Waals surface area (Å²) >= 11 is 0. The fraction of sp³-hybridized carbons (Fsp3) is 0.538. The molecule has 0 saturated heterocycles. The summed E-state index contributed by atoms with van der Waals surface area (Å²) in [5.41, 5.74) is 1.21. The Morgan fingerprint density at radius 3 is 2.65 bits per heavy atom. The Hall–Kier alpha value is -1.42. The lowest BCUT2D eigenvalue weighted by molar-refractivity contribution is -0.147. The second-order valence-corrected chi connectivity index (χ2v) is 5.13. The molecule has 94 valence electrons. The molecule has 17 heavy (non-hydrogen) atoms. The maximum Gasteiger partial charge on any atom is 0.310 e. The van der Waals surface area contributed by atoms with Crippen molar-refractivity contribution in [1.82, 2.24) is 9.88 Å². The van der Waals surface area contributed by atoms with Gasteiger partial charge in [0.2, 0.25) is 0 Å². The van der Waals surface area contributed by atoms with Crippen molar-refractivity contribution in [1.29, 1.82) is 0 Å². The normalized spacial score (nSPS) is 11.8. The quantitative estimate of drug-likeness (QED) is 0.848. The van der Waals surface area contributed by atoms with Crippen LogP contribution in [0.2, 0.25) is 0 Å². The van der Waals surface area contributed by atoms with E-state index in [1.165, 1.54) is 0 Å². The largest absolute Gasteiger partial charge is 0.481 e. The predicted octanol–water partition coefficient (Wildman–Crippen LogP) is 1.93. The summed E-state index contributed by atoms with van der Waals surface area (Å²) in [6, 6.07) is 5.87. The summed E-state index contributed by atoms with van der Waals surface area (Å²) in [7, 11) is 1.91. The van der Waals surface area contributed by atoms with E-state index in [9.17, 15) is 4.79 Å². The summed E-state index contributed by atoms with van der Waals surface area (Å²) in [6.07, 6.45) is 0. The third-order valence-electron chi connectivity index (χ3n) is 2.62. The van der Waals surface area contributed by atoms with E-state index in [2.05, 4.69) is 4.98 Å². The highest BCUT2D eigenvalue weighted by atomic mass is 16.4. The highest BCUT2D eigenvalue weighted by Crippen LogP contribution is 2.17. The van der Waals surface area contributed by atoms with E-state index in [-0.39, 0.29) is 0 Å². The van der Waals surface area contributed by atoms with Crippen molar-refractivity contribution in [2.24, 2.45) is 5.41 Å². The van der Waals surface area contributed by atoms with Crippen molar-refractivity contribution in [3.63, 3.8) is 0 Å². The van der Waals surface area contributed by atoms with Crippen molar-refractivity contribution in [3.8, 4) is 0 Å². The number of hydrogen-bond acceptors (Lipinski definition) is 3. The summed E-state index contributed by atoms with van der Waals surface area (Å²) in [5.74, 6) is -0.776. The third kappa shape index (κ3) is 4.15. The first-order valence-corrected chi connectivity index (χ1v) is 5.66. The van der Waals surface area contributed by atoms with Gasteiger partial charge >= 0.3 is 5.97 Å². The number of nitrogens with zero attached hydrogens (tertiary/aromatic N) is 2.